The van der Waals surface area contributed by atoms with Gasteiger partial charge in [0, 0.05) is 27.8 Å². The normalized spacial score (nSPS) is 12.0. The molecule has 0 saturated heterocycles. The van der Waals surface area contributed by atoms with Crippen LogP contribution in [0.25, 0.3) is 0 Å². The molecule has 0 spiro atoms. The zero-order chi connectivity index (χ0) is 16.0. The van der Waals surface area contributed by atoms with Crippen LogP contribution in [0.15, 0.2) is 0 Å². The zero-order valence-electron chi connectivity index (χ0n) is 12.2. The van der Waals surface area contributed by atoms with Crippen molar-refractivity contribution in [1.82, 2.24) is 5.32 Å². The molecule has 8 nitrogen and oxygen atoms in total. The summed E-state index contributed by atoms with van der Waals surface area (Å²) in [6.07, 6.45) is -0.201. The molecule has 0 bridgehead atoms. The van der Waals surface area contributed by atoms with Crippen LogP contribution in [0.5, 0.6) is 0 Å². The van der Waals surface area contributed by atoms with Gasteiger partial charge in [-0.15, -0.1) is 11.3 Å². The van der Waals surface area contributed by atoms with E-state index in [0.717, 1.165) is 11.3 Å². The van der Waals surface area contributed by atoms with E-state index in [1.54, 1.807) is 14.2 Å². The van der Waals surface area contributed by atoms with Crippen molar-refractivity contribution in [1.29, 1.82) is 0 Å². The zero-order valence-corrected chi connectivity index (χ0v) is 13.0. The first-order valence-electron chi connectivity index (χ1n) is 6.15. The van der Waals surface area contributed by atoms with Crippen LogP contribution >= 0.6 is 11.3 Å². The third-order valence-corrected chi connectivity index (χ3v) is 3.98. The van der Waals surface area contributed by atoms with Gasteiger partial charge in [0.2, 0.25) is 0 Å². The minimum Gasteiger partial charge on any atom is -0.397 e. The van der Waals surface area contributed by atoms with Crippen molar-refractivity contribution in [3.8, 4) is 0 Å². The Hall–Kier alpha value is -1.84. The van der Waals surface area contributed by atoms with E-state index in [1.165, 1.54) is 7.05 Å². The first-order chi connectivity index (χ1) is 9.96. The van der Waals surface area contributed by atoms with Crippen LogP contribution in [0.2, 0.25) is 0 Å². The first-order valence-corrected chi connectivity index (χ1v) is 6.97. The van der Waals surface area contributed by atoms with Crippen molar-refractivity contribution in [2.24, 2.45) is 5.73 Å². The van der Waals surface area contributed by atoms with E-state index in [1.807, 2.05) is 0 Å². The molecule has 0 radical (unpaired) electrons. The largest absolute Gasteiger partial charge is 0.397 e. The predicted octanol–water partition coefficient (Wildman–Crippen LogP) is -0.138. The molecule has 1 rings (SSSR count). The summed E-state index contributed by atoms with van der Waals surface area (Å²) in [4.78, 5) is 23.4. The number of anilines is 2. The molecule has 2 amide bonds. The number of hydrogen-bond acceptors (Lipinski definition) is 7. The van der Waals surface area contributed by atoms with Gasteiger partial charge in [-0.05, 0) is 0 Å². The van der Waals surface area contributed by atoms with Crippen molar-refractivity contribution >= 4 is 33.8 Å². The molecule has 0 aliphatic heterocycles. The Kier molecular flexibility index (Phi) is 6.40. The number of thiophene rings is 1. The third-order valence-electron chi connectivity index (χ3n) is 2.80. The number of ether oxygens (including phenoxy) is 2. The van der Waals surface area contributed by atoms with Crippen LogP contribution in [-0.4, -0.2) is 52.3 Å². The number of nitrogens with one attached hydrogen (secondary N) is 2. The Balaban J connectivity index is 3.02. The molecule has 1 atom stereocenters. The van der Waals surface area contributed by atoms with Gasteiger partial charge in [0.1, 0.15) is 9.88 Å². The predicted molar refractivity (Wildman–Crippen MR) is 81.8 cm³/mol. The second-order valence-electron chi connectivity index (χ2n) is 4.19. The number of methoxy groups -OCH3 is 2. The standard InChI is InChI=1S/C12H20N4O4S/c1-15-11(18)7-8(13)9(10(14)17)21-12(7)16-4-6(20-3)5-19-2/h6,16H,4-5,13H2,1-3H3,(H2,14,17)(H,15,18). The van der Waals surface area contributed by atoms with Crippen molar-refractivity contribution < 1.29 is 19.1 Å². The summed E-state index contributed by atoms with van der Waals surface area (Å²) >= 11 is 1.04. The molecule has 118 valence electrons. The van der Waals surface area contributed by atoms with Gasteiger partial charge >= 0.3 is 0 Å². The average molecular weight is 316 g/mol. The maximum absolute atomic E-state index is 11.9. The summed E-state index contributed by atoms with van der Waals surface area (Å²) in [5.74, 6) is -1.06. The van der Waals surface area contributed by atoms with Crippen LogP contribution in [0.3, 0.4) is 0 Å². The molecule has 9 heteroatoms. The molecule has 21 heavy (non-hydrogen) atoms. The second kappa shape index (κ2) is 7.81. The number of primary amides is 1. The Bertz CT molecular complexity index is 518. The van der Waals surface area contributed by atoms with Gasteiger partial charge < -0.3 is 31.6 Å². The minimum atomic E-state index is -0.670. The minimum absolute atomic E-state index is 0.0788. The number of amides is 2. The SMILES string of the molecule is CNC(=O)c1c(NCC(COC)OC)sc(C(N)=O)c1N. The molecule has 0 aliphatic carbocycles. The lowest BCUT2D eigenvalue weighted by atomic mass is 10.2. The first kappa shape index (κ1) is 17.2. The highest BCUT2D eigenvalue weighted by Gasteiger charge is 2.24. The molecule has 1 unspecified atom stereocenters. The molecular weight excluding hydrogens is 296 g/mol. The van der Waals surface area contributed by atoms with E-state index >= 15 is 0 Å². The molecule has 0 aromatic carbocycles. The molecule has 0 aliphatic rings. The Morgan fingerprint density at radius 1 is 1.38 bits per heavy atom. The Morgan fingerprint density at radius 2 is 2.05 bits per heavy atom. The lowest BCUT2D eigenvalue weighted by molar-refractivity contribution is 0.0366. The van der Waals surface area contributed by atoms with Crippen LogP contribution in [0, 0.1) is 0 Å². The van der Waals surface area contributed by atoms with E-state index in [0.29, 0.717) is 18.2 Å². The molecule has 0 saturated carbocycles. The highest BCUT2D eigenvalue weighted by Crippen LogP contribution is 2.35. The number of rotatable bonds is 8. The maximum Gasteiger partial charge on any atom is 0.260 e. The monoisotopic (exact) mass is 316 g/mol. The van der Waals surface area contributed by atoms with Crippen molar-refractivity contribution in [2.75, 3.05) is 45.5 Å². The maximum atomic E-state index is 11.9. The number of nitrogen functional groups attached to an aromatic ring is 1. The van der Waals surface area contributed by atoms with Gasteiger partial charge in [-0.25, -0.2) is 0 Å². The van der Waals surface area contributed by atoms with Gasteiger partial charge in [0.15, 0.2) is 0 Å². The fraction of sp³-hybridized carbons (Fsp3) is 0.500. The summed E-state index contributed by atoms with van der Waals surface area (Å²) in [5.41, 5.74) is 11.4. The topological polar surface area (TPSA) is 129 Å². The van der Waals surface area contributed by atoms with E-state index in [4.69, 9.17) is 20.9 Å². The smallest absolute Gasteiger partial charge is 0.260 e. The third kappa shape index (κ3) is 4.06. The second-order valence-corrected chi connectivity index (χ2v) is 5.21. The highest BCUT2D eigenvalue weighted by molar-refractivity contribution is 7.19. The van der Waals surface area contributed by atoms with Crippen LogP contribution < -0.4 is 22.1 Å². The van der Waals surface area contributed by atoms with E-state index < -0.39 is 5.91 Å². The fourth-order valence-corrected chi connectivity index (χ4v) is 2.68. The molecule has 1 aromatic rings. The van der Waals surface area contributed by atoms with Gasteiger partial charge in [-0.2, -0.15) is 0 Å². The van der Waals surface area contributed by atoms with Crippen molar-refractivity contribution in [2.45, 2.75) is 6.10 Å². The van der Waals surface area contributed by atoms with Crippen LogP contribution in [0.4, 0.5) is 10.7 Å². The Labute approximate surface area is 126 Å². The summed E-state index contributed by atoms with van der Waals surface area (Å²) in [7, 11) is 4.61. The van der Waals surface area contributed by atoms with Crippen molar-refractivity contribution in [3.63, 3.8) is 0 Å². The van der Waals surface area contributed by atoms with Gasteiger partial charge in [0.05, 0.1) is 24.0 Å². The highest BCUT2D eigenvalue weighted by atomic mass is 32.1. The van der Waals surface area contributed by atoms with Gasteiger partial charge in [-0.3, -0.25) is 9.59 Å². The van der Waals surface area contributed by atoms with E-state index in [9.17, 15) is 9.59 Å². The number of carbonyl (C=O) groups excluding carboxylic acids is 2. The van der Waals surface area contributed by atoms with Crippen LogP contribution in [0.1, 0.15) is 20.0 Å². The summed E-state index contributed by atoms with van der Waals surface area (Å²) < 4.78 is 10.2. The summed E-state index contributed by atoms with van der Waals surface area (Å²) in [6.45, 7) is 0.787. The van der Waals surface area contributed by atoms with Crippen molar-refractivity contribution in [3.05, 3.63) is 10.4 Å². The number of hydrogen-bond donors (Lipinski definition) is 4. The summed E-state index contributed by atoms with van der Waals surface area (Å²) in [5, 5.41) is 6.00. The quantitative estimate of drug-likeness (QED) is 0.528. The molecular formula is C12H20N4O4S. The number of nitrogens with two attached hydrogens (primary N) is 2. The Morgan fingerprint density at radius 3 is 2.52 bits per heavy atom. The lowest BCUT2D eigenvalue weighted by Crippen LogP contribution is -2.27. The lowest BCUT2D eigenvalue weighted by Gasteiger charge is -2.15. The van der Waals surface area contributed by atoms with E-state index in [2.05, 4.69) is 10.6 Å². The summed E-state index contributed by atoms with van der Waals surface area (Å²) in [6, 6.07) is 0. The molecule has 1 heterocycles. The molecule has 1 aromatic heterocycles. The molecule has 0 fully saturated rings. The average Bonchev–Trinajstić information content (AvgIpc) is 2.79. The van der Waals surface area contributed by atoms with Gasteiger partial charge in [-0.1, -0.05) is 0 Å². The van der Waals surface area contributed by atoms with E-state index in [-0.39, 0.29) is 28.1 Å². The van der Waals surface area contributed by atoms with Crippen LogP contribution in [-0.2, 0) is 9.47 Å². The molecule has 6 N–H and O–H groups in total. The fourth-order valence-electron chi connectivity index (χ4n) is 1.70. The number of carbonyl (C=O) groups is 2. The van der Waals surface area contributed by atoms with Gasteiger partial charge in [0.25, 0.3) is 11.8 Å².